The van der Waals surface area contributed by atoms with E-state index in [2.05, 4.69) is 0 Å². The first-order valence-electron chi connectivity index (χ1n) is 4.95. The SMILES string of the molecule is NC(=O)CSc1ccc(C(=O)/C=C/C(=O)O)cc1. The summed E-state index contributed by atoms with van der Waals surface area (Å²) in [5.74, 6) is -1.79. The number of hydrogen-bond donors (Lipinski definition) is 2. The lowest BCUT2D eigenvalue weighted by Gasteiger charge is -2.00. The zero-order valence-corrected chi connectivity index (χ0v) is 10.1. The van der Waals surface area contributed by atoms with Gasteiger partial charge in [-0.15, -0.1) is 11.8 Å². The van der Waals surface area contributed by atoms with Gasteiger partial charge in [0.15, 0.2) is 5.78 Å². The number of primary amides is 1. The van der Waals surface area contributed by atoms with Crippen LogP contribution in [0.25, 0.3) is 0 Å². The fraction of sp³-hybridized carbons (Fsp3) is 0.0833. The maximum atomic E-state index is 11.5. The molecule has 0 spiro atoms. The van der Waals surface area contributed by atoms with Gasteiger partial charge in [-0.1, -0.05) is 0 Å². The van der Waals surface area contributed by atoms with E-state index in [1.807, 2.05) is 0 Å². The van der Waals surface area contributed by atoms with E-state index in [1.165, 1.54) is 11.8 Å². The van der Waals surface area contributed by atoms with Crippen LogP contribution in [0.1, 0.15) is 10.4 Å². The second-order valence-electron chi connectivity index (χ2n) is 3.32. The van der Waals surface area contributed by atoms with E-state index < -0.39 is 11.9 Å². The van der Waals surface area contributed by atoms with Crippen molar-refractivity contribution in [3.63, 3.8) is 0 Å². The summed E-state index contributed by atoms with van der Waals surface area (Å²) in [5, 5.41) is 8.39. The van der Waals surface area contributed by atoms with Gasteiger partial charge in [0, 0.05) is 16.5 Å². The summed E-state index contributed by atoms with van der Waals surface area (Å²) >= 11 is 1.27. The van der Waals surface area contributed by atoms with E-state index in [1.54, 1.807) is 24.3 Å². The fourth-order valence-electron chi connectivity index (χ4n) is 1.11. The molecule has 0 atom stereocenters. The highest BCUT2D eigenvalue weighted by atomic mass is 32.2. The highest BCUT2D eigenvalue weighted by Crippen LogP contribution is 2.18. The van der Waals surface area contributed by atoms with Crippen LogP contribution in [0.15, 0.2) is 41.3 Å². The number of ketones is 1. The van der Waals surface area contributed by atoms with Crippen LogP contribution < -0.4 is 5.73 Å². The van der Waals surface area contributed by atoms with E-state index in [0.29, 0.717) is 5.56 Å². The summed E-state index contributed by atoms with van der Waals surface area (Å²) in [5.41, 5.74) is 5.39. The number of carboxylic acids is 1. The third-order valence-corrected chi connectivity index (χ3v) is 2.93. The van der Waals surface area contributed by atoms with Crippen LogP contribution in [0.3, 0.4) is 0 Å². The van der Waals surface area contributed by atoms with Gasteiger partial charge in [0.1, 0.15) is 0 Å². The van der Waals surface area contributed by atoms with Crippen molar-refractivity contribution in [3.05, 3.63) is 42.0 Å². The van der Waals surface area contributed by atoms with Gasteiger partial charge in [-0.2, -0.15) is 0 Å². The Balaban J connectivity index is 2.67. The Bertz CT molecular complexity index is 493. The minimum Gasteiger partial charge on any atom is -0.478 e. The van der Waals surface area contributed by atoms with Gasteiger partial charge in [0.25, 0.3) is 0 Å². The quantitative estimate of drug-likeness (QED) is 0.456. The molecule has 6 heteroatoms. The Labute approximate surface area is 108 Å². The summed E-state index contributed by atoms with van der Waals surface area (Å²) < 4.78 is 0. The van der Waals surface area contributed by atoms with Crippen molar-refractivity contribution in [2.75, 3.05) is 5.75 Å². The summed E-state index contributed by atoms with van der Waals surface area (Å²) in [4.78, 5) is 33.1. The molecule has 1 aromatic carbocycles. The Morgan fingerprint density at radius 2 is 1.78 bits per heavy atom. The Hall–Kier alpha value is -2.08. The molecule has 0 unspecified atom stereocenters. The largest absolute Gasteiger partial charge is 0.478 e. The lowest BCUT2D eigenvalue weighted by atomic mass is 10.1. The van der Waals surface area contributed by atoms with Crippen molar-refractivity contribution in [1.29, 1.82) is 0 Å². The number of nitrogens with two attached hydrogens (primary N) is 1. The van der Waals surface area contributed by atoms with E-state index in [-0.39, 0.29) is 11.5 Å². The van der Waals surface area contributed by atoms with Crippen LogP contribution >= 0.6 is 11.8 Å². The molecular weight excluding hydrogens is 254 g/mol. The molecule has 0 aromatic heterocycles. The molecule has 1 aromatic rings. The fourth-order valence-corrected chi connectivity index (χ4v) is 1.75. The topological polar surface area (TPSA) is 97.5 Å². The zero-order chi connectivity index (χ0) is 13.5. The van der Waals surface area contributed by atoms with Gasteiger partial charge >= 0.3 is 5.97 Å². The van der Waals surface area contributed by atoms with Crippen LogP contribution in [0.5, 0.6) is 0 Å². The van der Waals surface area contributed by atoms with Crippen LogP contribution in [-0.2, 0) is 9.59 Å². The minimum absolute atomic E-state index is 0.173. The standard InChI is InChI=1S/C12H11NO4S/c13-11(15)7-18-9-3-1-8(2-4-9)10(14)5-6-12(16)17/h1-6H,7H2,(H2,13,15)(H,16,17)/b6-5+. The van der Waals surface area contributed by atoms with Crippen molar-refractivity contribution in [1.82, 2.24) is 0 Å². The average molecular weight is 265 g/mol. The Morgan fingerprint density at radius 3 is 2.28 bits per heavy atom. The molecule has 1 amide bonds. The molecule has 0 aliphatic carbocycles. The maximum Gasteiger partial charge on any atom is 0.328 e. The molecule has 1 rings (SSSR count). The molecule has 0 aliphatic rings. The monoisotopic (exact) mass is 265 g/mol. The number of carbonyl (C=O) groups excluding carboxylic acids is 2. The number of rotatable bonds is 6. The number of amides is 1. The number of hydrogen-bond acceptors (Lipinski definition) is 4. The van der Waals surface area contributed by atoms with Crippen molar-refractivity contribution in [3.8, 4) is 0 Å². The van der Waals surface area contributed by atoms with Crippen molar-refractivity contribution in [2.24, 2.45) is 5.73 Å². The van der Waals surface area contributed by atoms with Crippen molar-refractivity contribution >= 4 is 29.4 Å². The van der Waals surface area contributed by atoms with Crippen LogP contribution in [0.2, 0.25) is 0 Å². The summed E-state index contributed by atoms with van der Waals surface area (Å²) in [7, 11) is 0. The lowest BCUT2D eigenvalue weighted by Crippen LogP contribution is -2.12. The highest BCUT2D eigenvalue weighted by molar-refractivity contribution is 8.00. The van der Waals surface area contributed by atoms with Crippen molar-refractivity contribution in [2.45, 2.75) is 4.90 Å². The number of benzene rings is 1. The number of aliphatic carboxylic acids is 1. The predicted molar refractivity (Wildman–Crippen MR) is 67.5 cm³/mol. The molecular formula is C12H11NO4S. The molecule has 0 fully saturated rings. The molecule has 0 aliphatic heterocycles. The smallest absolute Gasteiger partial charge is 0.328 e. The molecule has 5 nitrogen and oxygen atoms in total. The first-order chi connectivity index (χ1) is 8.49. The minimum atomic E-state index is -1.17. The van der Waals surface area contributed by atoms with Crippen LogP contribution in [0, 0.1) is 0 Å². The lowest BCUT2D eigenvalue weighted by molar-refractivity contribution is -0.131. The number of carboxylic acid groups (broad SMARTS) is 1. The van der Waals surface area contributed by atoms with Gasteiger partial charge in [-0.05, 0) is 30.3 Å². The zero-order valence-electron chi connectivity index (χ0n) is 9.33. The van der Waals surface area contributed by atoms with E-state index in [0.717, 1.165) is 17.0 Å². The summed E-state index contributed by atoms with van der Waals surface area (Å²) in [6, 6.07) is 6.49. The van der Waals surface area contributed by atoms with E-state index in [4.69, 9.17) is 10.8 Å². The molecule has 0 saturated heterocycles. The average Bonchev–Trinajstić information content (AvgIpc) is 2.34. The Morgan fingerprint density at radius 1 is 1.17 bits per heavy atom. The van der Waals surface area contributed by atoms with Crippen LogP contribution in [0.4, 0.5) is 0 Å². The molecule has 18 heavy (non-hydrogen) atoms. The highest BCUT2D eigenvalue weighted by Gasteiger charge is 2.03. The number of carbonyl (C=O) groups is 3. The number of thioether (sulfide) groups is 1. The van der Waals surface area contributed by atoms with Gasteiger partial charge in [0.2, 0.25) is 5.91 Å². The normalized spacial score (nSPS) is 10.4. The first kappa shape index (κ1) is 14.0. The van der Waals surface area contributed by atoms with Gasteiger partial charge in [0.05, 0.1) is 5.75 Å². The second-order valence-corrected chi connectivity index (χ2v) is 4.36. The van der Waals surface area contributed by atoms with E-state index >= 15 is 0 Å². The molecule has 0 heterocycles. The number of allylic oxidation sites excluding steroid dienone is 1. The third-order valence-electron chi connectivity index (χ3n) is 1.90. The summed E-state index contributed by atoms with van der Waals surface area (Å²) in [6.07, 6.45) is 1.78. The van der Waals surface area contributed by atoms with Gasteiger partial charge < -0.3 is 10.8 Å². The molecule has 0 bridgehead atoms. The molecule has 0 saturated carbocycles. The van der Waals surface area contributed by atoms with Crippen molar-refractivity contribution < 1.29 is 19.5 Å². The summed E-state index contributed by atoms with van der Waals surface area (Å²) in [6.45, 7) is 0. The first-order valence-corrected chi connectivity index (χ1v) is 5.94. The second kappa shape index (κ2) is 6.61. The van der Waals surface area contributed by atoms with E-state index in [9.17, 15) is 14.4 Å². The molecule has 94 valence electrons. The van der Waals surface area contributed by atoms with Gasteiger partial charge in [-0.25, -0.2) is 4.79 Å². The van der Waals surface area contributed by atoms with Gasteiger partial charge in [-0.3, -0.25) is 9.59 Å². The third kappa shape index (κ3) is 4.84. The molecule has 3 N–H and O–H groups in total. The predicted octanol–water partition coefficient (Wildman–Crippen LogP) is 1.09. The maximum absolute atomic E-state index is 11.5. The molecule has 0 radical (unpaired) electrons. The Kier molecular flexibility index (Phi) is 5.13. The van der Waals surface area contributed by atoms with Crippen LogP contribution in [-0.4, -0.2) is 28.5 Å².